The van der Waals surface area contributed by atoms with Gasteiger partial charge in [-0.15, -0.1) is 0 Å². The lowest BCUT2D eigenvalue weighted by Gasteiger charge is -1.99. The van der Waals surface area contributed by atoms with Gasteiger partial charge in [0.05, 0.1) is 5.25 Å². The Labute approximate surface area is 100.0 Å². The molecule has 1 fully saturated rings. The van der Waals surface area contributed by atoms with Gasteiger partial charge in [-0.3, -0.25) is 0 Å². The lowest BCUT2D eigenvalue weighted by molar-refractivity contribution is 0.274. The van der Waals surface area contributed by atoms with Crippen LogP contribution in [-0.4, -0.2) is 31.6 Å². The maximum atomic E-state index is 11.5. The van der Waals surface area contributed by atoms with Gasteiger partial charge >= 0.3 is 0 Å². The normalized spacial score (nSPS) is 29.1. The number of hydrogen-bond donors (Lipinski definition) is 1. The van der Waals surface area contributed by atoms with E-state index in [1.807, 2.05) is 12.1 Å². The SMILES string of the molecule is CS(=O)(=O)[C@@H]1[C@@H](CO)[C@H]1c1ccc(Cl)cc1. The van der Waals surface area contributed by atoms with Crippen LogP contribution < -0.4 is 0 Å². The van der Waals surface area contributed by atoms with Crippen LogP contribution in [0.1, 0.15) is 11.5 Å². The average molecular weight is 261 g/mol. The van der Waals surface area contributed by atoms with Crippen LogP contribution in [0.3, 0.4) is 0 Å². The first-order valence-electron chi connectivity index (χ1n) is 5.00. The van der Waals surface area contributed by atoms with Crippen LogP contribution in [0.4, 0.5) is 0 Å². The zero-order chi connectivity index (χ0) is 11.9. The first-order chi connectivity index (χ1) is 7.45. The third-order valence-electron chi connectivity index (χ3n) is 3.06. The van der Waals surface area contributed by atoms with Crippen LogP contribution in [0.2, 0.25) is 5.02 Å². The quantitative estimate of drug-likeness (QED) is 0.895. The zero-order valence-corrected chi connectivity index (χ0v) is 10.4. The lowest BCUT2D eigenvalue weighted by atomic mass is 10.1. The molecule has 0 heterocycles. The summed E-state index contributed by atoms with van der Waals surface area (Å²) in [6, 6.07) is 7.12. The van der Waals surface area contributed by atoms with Crippen molar-refractivity contribution in [3.63, 3.8) is 0 Å². The second kappa shape index (κ2) is 4.02. The van der Waals surface area contributed by atoms with Crippen LogP contribution in [0.5, 0.6) is 0 Å². The highest BCUT2D eigenvalue weighted by Gasteiger charge is 2.56. The van der Waals surface area contributed by atoms with Crippen LogP contribution in [0.15, 0.2) is 24.3 Å². The van der Waals surface area contributed by atoms with Gasteiger partial charge < -0.3 is 5.11 Å². The van der Waals surface area contributed by atoms with Gasteiger partial charge in [-0.25, -0.2) is 8.42 Å². The Morgan fingerprint density at radius 2 is 1.88 bits per heavy atom. The number of aliphatic hydroxyl groups excluding tert-OH is 1. The molecule has 0 radical (unpaired) electrons. The van der Waals surface area contributed by atoms with E-state index < -0.39 is 15.1 Å². The first kappa shape index (κ1) is 11.9. The number of halogens is 1. The molecule has 0 aromatic heterocycles. The third-order valence-corrected chi connectivity index (χ3v) is 4.94. The van der Waals surface area contributed by atoms with Crippen LogP contribution in [0, 0.1) is 5.92 Å². The van der Waals surface area contributed by atoms with E-state index in [0.29, 0.717) is 5.02 Å². The predicted molar refractivity (Wildman–Crippen MR) is 63.4 cm³/mol. The minimum Gasteiger partial charge on any atom is -0.396 e. The van der Waals surface area contributed by atoms with Crippen molar-refractivity contribution in [2.45, 2.75) is 11.2 Å². The number of benzene rings is 1. The summed E-state index contributed by atoms with van der Waals surface area (Å²) < 4.78 is 23.0. The molecule has 0 spiro atoms. The van der Waals surface area contributed by atoms with Gasteiger partial charge in [0, 0.05) is 29.7 Å². The Kier molecular flexibility index (Phi) is 2.99. The van der Waals surface area contributed by atoms with Crippen LogP contribution in [0.25, 0.3) is 0 Å². The van der Waals surface area contributed by atoms with Crippen LogP contribution >= 0.6 is 11.6 Å². The zero-order valence-electron chi connectivity index (χ0n) is 8.80. The summed E-state index contributed by atoms with van der Waals surface area (Å²) >= 11 is 5.77. The first-order valence-corrected chi connectivity index (χ1v) is 7.33. The van der Waals surface area contributed by atoms with Gasteiger partial charge in [0.2, 0.25) is 0 Å². The van der Waals surface area contributed by atoms with Crippen molar-refractivity contribution in [3.8, 4) is 0 Å². The van der Waals surface area contributed by atoms with E-state index >= 15 is 0 Å². The van der Waals surface area contributed by atoms with Gasteiger partial charge in [0.25, 0.3) is 0 Å². The molecule has 0 unspecified atom stereocenters. The Morgan fingerprint density at radius 1 is 1.31 bits per heavy atom. The van der Waals surface area contributed by atoms with Crippen molar-refractivity contribution in [1.82, 2.24) is 0 Å². The van der Waals surface area contributed by atoms with E-state index in [0.717, 1.165) is 5.56 Å². The monoisotopic (exact) mass is 260 g/mol. The highest BCUT2D eigenvalue weighted by Crippen LogP contribution is 2.51. The highest BCUT2D eigenvalue weighted by atomic mass is 35.5. The van der Waals surface area contributed by atoms with E-state index in [-0.39, 0.29) is 18.4 Å². The molecule has 3 atom stereocenters. The topological polar surface area (TPSA) is 54.4 Å². The molecule has 0 bridgehead atoms. The van der Waals surface area contributed by atoms with Crippen molar-refractivity contribution < 1.29 is 13.5 Å². The molecule has 1 aliphatic carbocycles. The number of sulfone groups is 1. The molecule has 1 aliphatic rings. The van der Waals surface area contributed by atoms with E-state index in [9.17, 15) is 8.42 Å². The van der Waals surface area contributed by atoms with Gasteiger partial charge in [-0.2, -0.15) is 0 Å². The highest BCUT2D eigenvalue weighted by molar-refractivity contribution is 7.91. The summed E-state index contributed by atoms with van der Waals surface area (Å²) in [6.07, 6.45) is 1.22. The molecule has 1 aromatic carbocycles. The molecule has 16 heavy (non-hydrogen) atoms. The van der Waals surface area contributed by atoms with E-state index in [4.69, 9.17) is 16.7 Å². The van der Waals surface area contributed by atoms with Gasteiger partial charge in [0.1, 0.15) is 0 Å². The maximum Gasteiger partial charge on any atom is 0.151 e. The van der Waals surface area contributed by atoms with Crippen molar-refractivity contribution in [2.75, 3.05) is 12.9 Å². The molecule has 2 rings (SSSR count). The summed E-state index contributed by atoms with van der Waals surface area (Å²) in [7, 11) is -3.09. The van der Waals surface area contributed by atoms with Crippen molar-refractivity contribution in [1.29, 1.82) is 0 Å². The van der Waals surface area contributed by atoms with Gasteiger partial charge in [-0.05, 0) is 17.7 Å². The molecule has 0 amide bonds. The number of rotatable bonds is 3. The Balaban J connectivity index is 2.27. The molecule has 1 aromatic rings. The van der Waals surface area contributed by atoms with Crippen molar-refractivity contribution in [3.05, 3.63) is 34.9 Å². The van der Waals surface area contributed by atoms with E-state index in [2.05, 4.69) is 0 Å². The summed E-state index contributed by atoms with van der Waals surface area (Å²) in [5.74, 6) is -0.256. The third kappa shape index (κ3) is 2.10. The standard InChI is InChI=1S/C11H13ClO3S/c1-16(14,15)11-9(6-13)10(11)7-2-4-8(12)5-3-7/h2-5,9-11,13H,6H2,1H3/t9-,10+,11+/m0/s1. The largest absolute Gasteiger partial charge is 0.396 e. The second-order valence-electron chi connectivity index (χ2n) is 4.22. The molecule has 1 saturated carbocycles. The molecule has 1 N–H and O–H groups in total. The minimum absolute atomic E-state index is 0.0859. The molecular weight excluding hydrogens is 248 g/mol. The summed E-state index contributed by atoms with van der Waals surface area (Å²) in [6.45, 7) is -0.0922. The smallest absolute Gasteiger partial charge is 0.151 e. The molecule has 0 aliphatic heterocycles. The molecule has 5 heteroatoms. The molecule has 0 saturated heterocycles. The fraction of sp³-hybridized carbons (Fsp3) is 0.455. The Bertz CT molecular complexity index is 480. The van der Waals surface area contributed by atoms with E-state index in [1.54, 1.807) is 12.1 Å². The summed E-state index contributed by atoms with van der Waals surface area (Å²) in [5, 5.41) is 9.32. The van der Waals surface area contributed by atoms with Gasteiger partial charge in [-0.1, -0.05) is 23.7 Å². The Morgan fingerprint density at radius 3 is 2.25 bits per heavy atom. The maximum absolute atomic E-state index is 11.5. The van der Waals surface area contributed by atoms with Gasteiger partial charge in [0.15, 0.2) is 9.84 Å². The fourth-order valence-corrected chi connectivity index (χ4v) is 4.08. The summed E-state index contributed by atoms with van der Waals surface area (Å²) in [4.78, 5) is 0. The average Bonchev–Trinajstić information content (AvgIpc) is 2.92. The lowest BCUT2D eigenvalue weighted by Crippen LogP contribution is -2.08. The fourth-order valence-electron chi connectivity index (χ4n) is 2.27. The summed E-state index contributed by atoms with van der Waals surface area (Å²) in [5.41, 5.74) is 0.930. The van der Waals surface area contributed by atoms with E-state index in [1.165, 1.54) is 6.26 Å². The number of aliphatic hydroxyl groups is 1. The molecule has 3 nitrogen and oxygen atoms in total. The molecule has 88 valence electrons. The minimum atomic E-state index is -3.09. The molecular formula is C11H13ClO3S. The predicted octanol–water partition coefficient (Wildman–Crippen LogP) is 1.46. The Hall–Kier alpha value is -0.580. The second-order valence-corrected chi connectivity index (χ2v) is 6.86. The number of hydrogen-bond acceptors (Lipinski definition) is 3. The van der Waals surface area contributed by atoms with Crippen molar-refractivity contribution in [2.24, 2.45) is 5.92 Å². The van der Waals surface area contributed by atoms with Crippen LogP contribution in [-0.2, 0) is 9.84 Å². The van der Waals surface area contributed by atoms with Crippen molar-refractivity contribution >= 4 is 21.4 Å².